The molecule has 35 heavy (non-hydrogen) atoms. The molecule has 0 fully saturated rings. The van der Waals surface area contributed by atoms with Crippen LogP contribution in [-0.4, -0.2) is 23.9 Å². The van der Waals surface area contributed by atoms with Gasteiger partial charge in [0.1, 0.15) is 29.6 Å². The standard InChI is InChI=1S/C26H24FN3O5/c1-16-22(14-28-24(31)13-17-3-7-19(27)8-4-17)30-26(34-16)18-5-9-20(10-6-18)29-25(32)23-12-11-21(35-23)15-33-2/h3-12H,13-15H2,1-2H3,(H,28,31)(H,29,32). The topological polar surface area (TPSA) is 107 Å². The molecule has 180 valence electrons. The number of nitrogens with zero attached hydrogens (tertiary/aromatic N) is 1. The van der Waals surface area contributed by atoms with Crippen molar-refractivity contribution in [1.29, 1.82) is 0 Å². The molecular weight excluding hydrogens is 453 g/mol. The third kappa shape index (κ3) is 6.21. The van der Waals surface area contributed by atoms with Crippen LogP contribution in [0.4, 0.5) is 10.1 Å². The third-order valence-corrected chi connectivity index (χ3v) is 5.19. The molecule has 8 nitrogen and oxygen atoms in total. The summed E-state index contributed by atoms with van der Waals surface area (Å²) in [5.74, 6) is 0.828. The number of oxazole rings is 1. The smallest absolute Gasteiger partial charge is 0.291 e. The van der Waals surface area contributed by atoms with Gasteiger partial charge in [0.2, 0.25) is 11.8 Å². The number of aromatic nitrogens is 1. The number of carbonyl (C=O) groups excluding carboxylic acids is 2. The van der Waals surface area contributed by atoms with Crippen LogP contribution in [0.1, 0.15) is 33.3 Å². The van der Waals surface area contributed by atoms with E-state index in [0.717, 1.165) is 11.1 Å². The summed E-state index contributed by atoms with van der Waals surface area (Å²) in [6, 6.07) is 16.1. The fraction of sp³-hybridized carbons (Fsp3) is 0.192. The maximum absolute atomic E-state index is 13.0. The van der Waals surface area contributed by atoms with Gasteiger partial charge in [-0.15, -0.1) is 0 Å². The lowest BCUT2D eigenvalue weighted by atomic mass is 10.1. The minimum Gasteiger partial charge on any atom is -0.453 e. The summed E-state index contributed by atoms with van der Waals surface area (Å²) in [5, 5.41) is 5.58. The van der Waals surface area contributed by atoms with Crippen LogP contribution in [0.25, 0.3) is 11.5 Å². The van der Waals surface area contributed by atoms with E-state index in [2.05, 4.69) is 15.6 Å². The molecule has 2 amide bonds. The number of amides is 2. The first kappa shape index (κ1) is 23.9. The molecule has 0 aliphatic rings. The summed E-state index contributed by atoms with van der Waals surface area (Å²) in [4.78, 5) is 29.1. The van der Waals surface area contributed by atoms with E-state index in [1.54, 1.807) is 62.6 Å². The van der Waals surface area contributed by atoms with Gasteiger partial charge in [-0.05, 0) is 61.0 Å². The summed E-state index contributed by atoms with van der Waals surface area (Å²) in [5.41, 5.74) is 2.63. The summed E-state index contributed by atoms with van der Waals surface area (Å²) in [7, 11) is 1.55. The molecule has 0 aliphatic heterocycles. The van der Waals surface area contributed by atoms with E-state index in [1.165, 1.54) is 12.1 Å². The Morgan fingerprint density at radius 3 is 2.46 bits per heavy atom. The average Bonchev–Trinajstić information content (AvgIpc) is 3.47. The van der Waals surface area contributed by atoms with Gasteiger partial charge in [-0.2, -0.15) is 0 Å². The van der Waals surface area contributed by atoms with Crippen LogP contribution in [0.3, 0.4) is 0 Å². The van der Waals surface area contributed by atoms with Crippen LogP contribution < -0.4 is 10.6 Å². The van der Waals surface area contributed by atoms with Gasteiger partial charge in [-0.3, -0.25) is 9.59 Å². The largest absolute Gasteiger partial charge is 0.453 e. The lowest BCUT2D eigenvalue weighted by Gasteiger charge is -2.04. The molecule has 0 aliphatic carbocycles. The van der Waals surface area contributed by atoms with Crippen molar-refractivity contribution in [2.45, 2.75) is 26.5 Å². The van der Waals surface area contributed by atoms with Gasteiger partial charge in [0, 0.05) is 18.4 Å². The van der Waals surface area contributed by atoms with E-state index in [9.17, 15) is 14.0 Å². The van der Waals surface area contributed by atoms with Crippen molar-refractivity contribution in [3.63, 3.8) is 0 Å². The molecule has 4 aromatic rings. The SMILES string of the molecule is COCc1ccc(C(=O)Nc2ccc(-c3nc(CNC(=O)Cc4ccc(F)cc4)c(C)o3)cc2)o1. The first-order valence-electron chi connectivity index (χ1n) is 10.9. The number of hydrogen-bond donors (Lipinski definition) is 2. The van der Waals surface area contributed by atoms with Crippen LogP contribution in [0.15, 0.2) is 69.5 Å². The Morgan fingerprint density at radius 1 is 1.00 bits per heavy atom. The minimum absolute atomic E-state index is 0.142. The predicted molar refractivity (Wildman–Crippen MR) is 126 cm³/mol. The molecule has 2 aromatic carbocycles. The Kier molecular flexibility index (Phi) is 7.37. The normalized spacial score (nSPS) is 10.8. The Bertz CT molecular complexity index is 1310. The zero-order valence-corrected chi connectivity index (χ0v) is 19.3. The molecule has 4 rings (SSSR count). The Morgan fingerprint density at radius 2 is 1.74 bits per heavy atom. The molecule has 0 saturated heterocycles. The molecule has 0 saturated carbocycles. The van der Waals surface area contributed by atoms with Crippen LogP contribution in [0.2, 0.25) is 0 Å². The van der Waals surface area contributed by atoms with Crippen molar-refractivity contribution in [2.75, 3.05) is 12.4 Å². The lowest BCUT2D eigenvalue weighted by molar-refractivity contribution is -0.120. The number of hydrogen-bond acceptors (Lipinski definition) is 6. The van der Waals surface area contributed by atoms with Gasteiger partial charge in [-0.25, -0.2) is 9.37 Å². The fourth-order valence-electron chi connectivity index (χ4n) is 3.36. The van der Waals surface area contributed by atoms with Crippen molar-refractivity contribution >= 4 is 17.5 Å². The van der Waals surface area contributed by atoms with Crippen LogP contribution in [0.5, 0.6) is 0 Å². The van der Waals surface area contributed by atoms with Crippen LogP contribution >= 0.6 is 0 Å². The second-order valence-corrected chi connectivity index (χ2v) is 7.83. The second-order valence-electron chi connectivity index (χ2n) is 7.83. The fourth-order valence-corrected chi connectivity index (χ4v) is 3.36. The number of benzene rings is 2. The second kappa shape index (κ2) is 10.8. The van der Waals surface area contributed by atoms with Crippen LogP contribution in [0, 0.1) is 12.7 Å². The highest BCUT2D eigenvalue weighted by molar-refractivity contribution is 6.02. The molecule has 2 N–H and O–H groups in total. The van der Waals surface area contributed by atoms with Gasteiger partial charge >= 0.3 is 0 Å². The number of halogens is 1. The molecule has 9 heteroatoms. The molecule has 2 aromatic heterocycles. The van der Waals surface area contributed by atoms with Crippen molar-refractivity contribution in [2.24, 2.45) is 0 Å². The first-order valence-corrected chi connectivity index (χ1v) is 10.9. The number of furan rings is 1. The molecular formula is C26H24FN3O5. The van der Waals surface area contributed by atoms with E-state index in [4.69, 9.17) is 13.6 Å². The number of rotatable bonds is 9. The van der Waals surface area contributed by atoms with Gasteiger partial charge in [0.15, 0.2) is 5.76 Å². The third-order valence-electron chi connectivity index (χ3n) is 5.19. The molecule has 0 atom stereocenters. The number of ether oxygens (including phenoxy) is 1. The maximum atomic E-state index is 13.0. The number of aryl methyl sites for hydroxylation is 1. The van der Waals surface area contributed by atoms with E-state index in [-0.39, 0.29) is 43.0 Å². The van der Waals surface area contributed by atoms with Gasteiger partial charge in [0.05, 0.1) is 13.0 Å². The van der Waals surface area contributed by atoms with Crippen molar-refractivity contribution < 1.29 is 27.6 Å². The van der Waals surface area contributed by atoms with Gasteiger partial charge < -0.3 is 24.2 Å². The highest BCUT2D eigenvalue weighted by Crippen LogP contribution is 2.24. The number of anilines is 1. The highest BCUT2D eigenvalue weighted by Gasteiger charge is 2.15. The van der Waals surface area contributed by atoms with E-state index in [1.807, 2.05) is 0 Å². The molecule has 0 bridgehead atoms. The van der Waals surface area contributed by atoms with Gasteiger partial charge in [0.25, 0.3) is 5.91 Å². The van der Waals surface area contributed by atoms with Crippen molar-refractivity contribution in [1.82, 2.24) is 10.3 Å². The van der Waals surface area contributed by atoms with E-state index >= 15 is 0 Å². The number of carbonyl (C=O) groups is 2. The summed E-state index contributed by atoms with van der Waals surface area (Å²) >= 11 is 0. The summed E-state index contributed by atoms with van der Waals surface area (Å²) in [6.45, 7) is 2.27. The molecule has 0 radical (unpaired) electrons. The number of nitrogens with one attached hydrogen (secondary N) is 2. The van der Waals surface area contributed by atoms with Crippen LogP contribution in [-0.2, 0) is 29.1 Å². The lowest BCUT2D eigenvalue weighted by Crippen LogP contribution is -2.25. The Hall–Kier alpha value is -4.24. The maximum Gasteiger partial charge on any atom is 0.291 e. The average molecular weight is 477 g/mol. The van der Waals surface area contributed by atoms with E-state index < -0.39 is 0 Å². The highest BCUT2D eigenvalue weighted by atomic mass is 19.1. The molecule has 0 unspecified atom stereocenters. The van der Waals surface area contributed by atoms with E-state index in [0.29, 0.717) is 28.8 Å². The summed E-state index contributed by atoms with van der Waals surface area (Å²) < 4.78 is 29.2. The Balaban J connectivity index is 1.34. The zero-order valence-electron chi connectivity index (χ0n) is 19.3. The number of methoxy groups -OCH3 is 1. The Labute approximate surface area is 201 Å². The first-order chi connectivity index (χ1) is 16.9. The quantitative estimate of drug-likeness (QED) is 0.364. The van der Waals surface area contributed by atoms with Crippen molar-refractivity contribution in [3.05, 3.63) is 95.0 Å². The molecule has 2 heterocycles. The minimum atomic E-state index is -0.370. The zero-order chi connectivity index (χ0) is 24.8. The summed E-state index contributed by atoms with van der Waals surface area (Å²) in [6.07, 6.45) is 0.142. The van der Waals surface area contributed by atoms with Gasteiger partial charge in [-0.1, -0.05) is 12.1 Å². The van der Waals surface area contributed by atoms with Crippen molar-refractivity contribution in [3.8, 4) is 11.5 Å². The molecule has 0 spiro atoms. The monoisotopic (exact) mass is 477 g/mol. The predicted octanol–water partition coefficient (Wildman–Crippen LogP) is 4.64.